The predicted octanol–water partition coefficient (Wildman–Crippen LogP) is 1.87. The molecule has 0 bridgehead atoms. The first-order valence-electron chi connectivity index (χ1n) is 7.02. The minimum Gasteiger partial charge on any atom is -0.308 e. The molecule has 1 aliphatic rings. The lowest BCUT2D eigenvalue weighted by atomic mass is 10.4. The van der Waals surface area contributed by atoms with Gasteiger partial charge >= 0.3 is 0 Å². The summed E-state index contributed by atoms with van der Waals surface area (Å²) in [5.41, 5.74) is 2.15. The molecule has 108 valence electrons. The molecule has 3 aromatic heterocycles. The molecule has 3 aromatic rings. The van der Waals surface area contributed by atoms with Crippen molar-refractivity contribution < 1.29 is 0 Å². The molecule has 1 N–H and O–H groups in total. The Bertz CT molecular complexity index is 773. The van der Waals surface area contributed by atoms with Crippen LogP contribution in [0.5, 0.6) is 0 Å². The molecule has 0 aliphatic heterocycles. The van der Waals surface area contributed by atoms with E-state index >= 15 is 0 Å². The Morgan fingerprint density at radius 1 is 1.38 bits per heavy atom. The number of hydrogen-bond donors (Lipinski definition) is 1. The van der Waals surface area contributed by atoms with Gasteiger partial charge in [0.15, 0.2) is 5.16 Å². The molecular formula is C14H16N6S. The summed E-state index contributed by atoms with van der Waals surface area (Å²) in [5.74, 6) is 0. The van der Waals surface area contributed by atoms with E-state index in [1.807, 2.05) is 25.2 Å². The Morgan fingerprint density at radius 2 is 2.29 bits per heavy atom. The SMILES string of the molecule is Cn1ncnc1Sc1nc2ccccn2c1CNC1CC1. The summed E-state index contributed by atoms with van der Waals surface area (Å²) in [6.07, 6.45) is 6.19. The van der Waals surface area contributed by atoms with Crippen LogP contribution in [0.3, 0.4) is 0 Å². The molecule has 0 spiro atoms. The Morgan fingerprint density at radius 3 is 3.05 bits per heavy atom. The quantitative estimate of drug-likeness (QED) is 0.779. The van der Waals surface area contributed by atoms with E-state index in [9.17, 15) is 0 Å². The van der Waals surface area contributed by atoms with E-state index in [2.05, 4.69) is 26.0 Å². The maximum absolute atomic E-state index is 4.73. The van der Waals surface area contributed by atoms with Gasteiger partial charge in [-0.15, -0.1) is 0 Å². The van der Waals surface area contributed by atoms with Gasteiger partial charge in [-0.2, -0.15) is 5.10 Å². The van der Waals surface area contributed by atoms with E-state index < -0.39 is 0 Å². The molecule has 0 aromatic carbocycles. The third-order valence-electron chi connectivity index (χ3n) is 3.59. The van der Waals surface area contributed by atoms with Gasteiger partial charge in [-0.25, -0.2) is 14.6 Å². The zero-order chi connectivity index (χ0) is 14.2. The van der Waals surface area contributed by atoms with E-state index in [-0.39, 0.29) is 0 Å². The second-order valence-corrected chi connectivity index (χ2v) is 6.17. The molecule has 21 heavy (non-hydrogen) atoms. The maximum Gasteiger partial charge on any atom is 0.192 e. The molecule has 4 rings (SSSR count). The third-order valence-corrected chi connectivity index (χ3v) is 4.66. The van der Waals surface area contributed by atoms with Gasteiger partial charge in [-0.1, -0.05) is 6.07 Å². The average Bonchev–Trinajstić information content (AvgIpc) is 3.14. The topological polar surface area (TPSA) is 60.0 Å². The number of fused-ring (bicyclic) bond motifs is 1. The smallest absolute Gasteiger partial charge is 0.192 e. The van der Waals surface area contributed by atoms with E-state index in [1.165, 1.54) is 18.5 Å². The third kappa shape index (κ3) is 2.54. The number of nitrogens with one attached hydrogen (secondary N) is 1. The summed E-state index contributed by atoms with van der Waals surface area (Å²) in [4.78, 5) is 9.01. The first-order chi connectivity index (χ1) is 10.3. The molecule has 0 atom stereocenters. The molecule has 0 radical (unpaired) electrons. The Hall–Kier alpha value is -1.86. The van der Waals surface area contributed by atoms with Crippen LogP contribution in [0, 0.1) is 0 Å². The molecule has 7 heteroatoms. The predicted molar refractivity (Wildman–Crippen MR) is 80.2 cm³/mol. The summed E-state index contributed by atoms with van der Waals surface area (Å²) >= 11 is 1.56. The van der Waals surface area contributed by atoms with Crippen LogP contribution in [0.4, 0.5) is 0 Å². The fourth-order valence-corrected chi connectivity index (χ4v) is 3.14. The van der Waals surface area contributed by atoms with Crippen LogP contribution in [0.2, 0.25) is 0 Å². The van der Waals surface area contributed by atoms with Gasteiger partial charge in [0.25, 0.3) is 0 Å². The molecule has 1 aliphatic carbocycles. The van der Waals surface area contributed by atoms with Crippen LogP contribution in [-0.2, 0) is 13.6 Å². The van der Waals surface area contributed by atoms with E-state index in [1.54, 1.807) is 22.8 Å². The highest BCUT2D eigenvalue weighted by atomic mass is 32.2. The molecule has 1 fully saturated rings. The first-order valence-corrected chi connectivity index (χ1v) is 7.84. The van der Waals surface area contributed by atoms with Gasteiger partial charge in [0.1, 0.15) is 17.0 Å². The van der Waals surface area contributed by atoms with Crippen molar-refractivity contribution in [1.29, 1.82) is 0 Å². The summed E-state index contributed by atoms with van der Waals surface area (Å²) < 4.78 is 3.92. The van der Waals surface area contributed by atoms with Gasteiger partial charge in [0, 0.05) is 25.8 Å². The molecule has 1 saturated carbocycles. The number of nitrogens with zero attached hydrogens (tertiary/aromatic N) is 5. The van der Waals surface area contributed by atoms with Crippen molar-refractivity contribution in [3.8, 4) is 0 Å². The minimum absolute atomic E-state index is 0.673. The number of hydrogen-bond acceptors (Lipinski definition) is 5. The first kappa shape index (κ1) is 12.8. The summed E-state index contributed by atoms with van der Waals surface area (Å²) in [7, 11) is 1.90. The monoisotopic (exact) mass is 300 g/mol. The average molecular weight is 300 g/mol. The van der Waals surface area contributed by atoms with E-state index in [4.69, 9.17) is 4.98 Å². The Kier molecular flexibility index (Phi) is 3.16. The molecule has 0 amide bonds. The van der Waals surface area contributed by atoms with E-state index in [0.717, 1.165) is 22.4 Å². The highest BCUT2D eigenvalue weighted by molar-refractivity contribution is 7.99. The van der Waals surface area contributed by atoms with Crippen LogP contribution in [0.1, 0.15) is 18.5 Å². The highest BCUT2D eigenvalue weighted by Crippen LogP contribution is 2.29. The largest absolute Gasteiger partial charge is 0.308 e. The summed E-state index contributed by atoms with van der Waals surface area (Å²) in [6.45, 7) is 0.829. The second-order valence-electron chi connectivity index (χ2n) is 5.22. The zero-order valence-corrected chi connectivity index (χ0v) is 12.5. The zero-order valence-electron chi connectivity index (χ0n) is 11.7. The maximum atomic E-state index is 4.73. The number of rotatable bonds is 5. The number of imidazole rings is 1. The lowest BCUT2D eigenvalue weighted by molar-refractivity contribution is 0.658. The van der Waals surface area contributed by atoms with Crippen molar-refractivity contribution in [2.24, 2.45) is 7.05 Å². The normalized spacial score (nSPS) is 14.9. The van der Waals surface area contributed by atoms with Gasteiger partial charge in [0.05, 0.1) is 5.69 Å². The molecule has 0 unspecified atom stereocenters. The van der Waals surface area contributed by atoms with Gasteiger partial charge < -0.3 is 9.72 Å². The number of aryl methyl sites for hydroxylation is 1. The standard InChI is InChI=1S/C14H16N6S/c1-19-14(16-9-17-19)21-13-11(8-15-10-5-6-10)20-7-3-2-4-12(20)18-13/h2-4,7,9-10,15H,5-6,8H2,1H3. The van der Waals surface area contributed by atoms with Crippen LogP contribution in [0.25, 0.3) is 5.65 Å². The number of pyridine rings is 1. The summed E-state index contributed by atoms with van der Waals surface area (Å²) in [6, 6.07) is 6.75. The van der Waals surface area contributed by atoms with Crippen molar-refractivity contribution >= 4 is 17.4 Å². The van der Waals surface area contributed by atoms with Crippen LogP contribution in [-0.4, -0.2) is 30.2 Å². The Labute approximate surface area is 126 Å². The van der Waals surface area contributed by atoms with E-state index in [0.29, 0.717) is 6.04 Å². The Balaban J connectivity index is 1.71. The second kappa shape index (κ2) is 5.16. The fourth-order valence-electron chi connectivity index (χ4n) is 2.26. The number of aromatic nitrogens is 5. The van der Waals surface area contributed by atoms with Crippen LogP contribution < -0.4 is 5.32 Å². The van der Waals surface area contributed by atoms with Gasteiger partial charge in [-0.3, -0.25) is 0 Å². The van der Waals surface area contributed by atoms with Crippen molar-refractivity contribution in [2.75, 3.05) is 0 Å². The lowest BCUT2D eigenvalue weighted by Gasteiger charge is -2.05. The highest BCUT2D eigenvalue weighted by Gasteiger charge is 2.22. The fraction of sp³-hybridized carbons (Fsp3) is 0.357. The van der Waals surface area contributed by atoms with Crippen molar-refractivity contribution in [1.82, 2.24) is 29.5 Å². The summed E-state index contributed by atoms with van der Waals surface area (Å²) in [5, 5.41) is 9.53. The molecular weight excluding hydrogens is 284 g/mol. The van der Waals surface area contributed by atoms with Crippen LogP contribution in [0.15, 0.2) is 40.9 Å². The van der Waals surface area contributed by atoms with Crippen LogP contribution >= 0.6 is 11.8 Å². The lowest BCUT2D eigenvalue weighted by Crippen LogP contribution is -2.17. The minimum atomic E-state index is 0.673. The molecule has 3 heterocycles. The van der Waals surface area contributed by atoms with Gasteiger partial charge in [-0.05, 0) is 36.7 Å². The van der Waals surface area contributed by atoms with Crippen molar-refractivity contribution in [3.05, 3.63) is 36.4 Å². The molecule has 0 saturated heterocycles. The van der Waals surface area contributed by atoms with Crippen molar-refractivity contribution in [2.45, 2.75) is 35.6 Å². The van der Waals surface area contributed by atoms with Crippen molar-refractivity contribution in [3.63, 3.8) is 0 Å². The van der Waals surface area contributed by atoms with Gasteiger partial charge in [0.2, 0.25) is 0 Å². The molecule has 6 nitrogen and oxygen atoms in total.